The summed E-state index contributed by atoms with van der Waals surface area (Å²) in [5.41, 5.74) is 8.97. The lowest BCUT2D eigenvalue weighted by Crippen LogP contribution is -2.19. The number of amides is 1. The summed E-state index contributed by atoms with van der Waals surface area (Å²) in [5.74, 6) is -0.783. The molecule has 1 aromatic carbocycles. The van der Waals surface area contributed by atoms with Crippen LogP contribution in [0.5, 0.6) is 0 Å². The smallest absolute Gasteiger partial charge is 0.294 e. The quantitative estimate of drug-likeness (QED) is 0.265. The van der Waals surface area contributed by atoms with Crippen molar-refractivity contribution in [2.24, 2.45) is 5.10 Å². The van der Waals surface area contributed by atoms with Crippen LogP contribution in [0.4, 0.5) is 11.5 Å². The maximum atomic E-state index is 12.6. The van der Waals surface area contributed by atoms with Crippen LogP contribution in [0.1, 0.15) is 16.1 Å². The molecule has 0 saturated heterocycles. The summed E-state index contributed by atoms with van der Waals surface area (Å²) in [6.45, 7) is 0. The topological polar surface area (TPSA) is 193 Å². The number of nitrogen functional groups attached to an aromatic ring is 1. The van der Waals surface area contributed by atoms with Crippen LogP contribution in [0.25, 0.3) is 17.1 Å². The van der Waals surface area contributed by atoms with E-state index in [9.17, 15) is 14.9 Å². The maximum absolute atomic E-state index is 12.6. The minimum Gasteiger partial charge on any atom is -0.472 e. The second-order valence-corrected chi connectivity index (χ2v) is 5.73. The van der Waals surface area contributed by atoms with Crippen LogP contribution < -0.4 is 11.2 Å². The zero-order valence-electron chi connectivity index (χ0n) is 14.9. The number of benzene rings is 1. The number of hydrogen-bond donors (Lipinski definition) is 2. The van der Waals surface area contributed by atoms with Crippen LogP contribution in [0, 0.1) is 10.1 Å². The SMILES string of the molecule is Nc1nonc1-n1nnc(C(=O)N/N=C/c2ccoc2)c1-c1ccc([N+](=O)[O-])cc1. The van der Waals surface area contributed by atoms with Gasteiger partial charge in [-0.2, -0.15) is 9.78 Å². The predicted octanol–water partition coefficient (Wildman–Crippen LogP) is 1.16. The molecular weight excluding hydrogens is 398 g/mol. The molecule has 0 atom stereocenters. The van der Waals surface area contributed by atoms with Crippen LogP contribution in [0.2, 0.25) is 0 Å². The van der Waals surface area contributed by atoms with E-state index in [-0.39, 0.29) is 28.7 Å². The van der Waals surface area contributed by atoms with E-state index in [1.165, 1.54) is 43.0 Å². The van der Waals surface area contributed by atoms with Gasteiger partial charge in [0.25, 0.3) is 11.6 Å². The van der Waals surface area contributed by atoms with Crippen molar-refractivity contribution in [1.82, 2.24) is 30.7 Å². The number of hydrazone groups is 1. The van der Waals surface area contributed by atoms with E-state index >= 15 is 0 Å². The van der Waals surface area contributed by atoms with Gasteiger partial charge < -0.3 is 10.2 Å². The molecule has 14 nitrogen and oxygen atoms in total. The number of nitrogens with two attached hydrogens (primary N) is 1. The molecule has 3 heterocycles. The van der Waals surface area contributed by atoms with E-state index in [2.05, 4.69) is 35.8 Å². The molecule has 0 radical (unpaired) electrons. The summed E-state index contributed by atoms with van der Waals surface area (Å²) >= 11 is 0. The summed E-state index contributed by atoms with van der Waals surface area (Å²) in [5, 5.41) is 29.7. The average Bonchev–Trinajstić information content (AvgIpc) is 3.48. The van der Waals surface area contributed by atoms with Gasteiger partial charge in [0.05, 0.1) is 23.7 Å². The van der Waals surface area contributed by atoms with E-state index in [1.807, 2.05) is 0 Å². The first-order valence-electron chi connectivity index (χ1n) is 8.19. The Morgan fingerprint density at radius 1 is 1.27 bits per heavy atom. The number of rotatable bonds is 6. The van der Waals surface area contributed by atoms with Crippen LogP contribution in [0.15, 0.2) is 57.0 Å². The lowest BCUT2D eigenvalue weighted by molar-refractivity contribution is -0.384. The molecule has 4 aromatic rings. The molecule has 4 rings (SSSR count). The Labute approximate surface area is 166 Å². The van der Waals surface area contributed by atoms with Gasteiger partial charge in [-0.25, -0.2) is 10.1 Å². The lowest BCUT2D eigenvalue weighted by Gasteiger charge is -2.05. The molecule has 0 saturated carbocycles. The van der Waals surface area contributed by atoms with Crippen LogP contribution in [-0.2, 0) is 0 Å². The standard InChI is InChI=1S/C16H11N9O5/c17-14-15(22-30-21-14)24-13(10-1-3-11(4-2-10)25(27)28)12(19-23-24)16(26)20-18-7-9-5-6-29-8-9/h1-8H,(H2,17,21)(H,20,26)/b18-7+. The molecular formula is C16H11N9O5. The van der Waals surface area contributed by atoms with E-state index in [0.717, 1.165) is 4.68 Å². The average molecular weight is 409 g/mol. The van der Waals surface area contributed by atoms with E-state index in [0.29, 0.717) is 11.1 Å². The highest BCUT2D eigenvalue weighted by Crippen LogP contribution is 2.28. The number of furan rings is 1. The normalized spacial score (nSPS) is 11.1. The Morgan fingerprint density at radius 3 is 2.70 bits per heavy atom. The number of carbonyl (C=O) groups is 1. The number of nitrogens with one attached hydrogen (secondary N) is 1. The Balaban J connectivity index is 1.73. The van der Waals surface area contributed by atoms with Crippen molar-refractivity contribution in [3.8, 4) is 17.1 Å². The van der Waals surface area contributed by atoms with Crippen molar-refractivity contribution >= 4 is 23.6 Å². The number of carbonyl (C=O) groups excluding carboxylic acids is 1. The molecule has 0 unspecified atom stereocenters. The summed E-state index contributed by atoms with van der Waals surface area (Å²) in [6.07, 6.45) is 4.27. The number of non-ortho nitro benzene ring substituents is 1. The van der Waals surface area contributed by atoms with Gasteiger partial charge in [-0.1, -0.05) is 5.21 Å². The summed E-state index contributed by atoms with van der Waals surface area (Å²) in [4.78, 5) is 23.0. The van der Waals surface area contributed by atoms with Gasteiger partial charge in [0.2, 0.25) is 11.6 Å². The number of hydrogen-bond acceptors (Lipinski definition) is 11. The van der Waals surface area contributed by atoms with Crippen LogP contribution in [-0.4, -0.2) is 42.4 Å². The molecule has 0 aliphatic rings. The number of nitro groups is 1. The second kappa shape index (κ2) is 7.63. The molecule has 3 aromatic heterocycles. The first-order chi connectivity index (χ1) is 14.5. The molecule has 0 fully saturated rings. The van der Waals surface area contributed by atoms with Crippen molar-refractivity contribution in [2.75, 3.05) is 5.73 Å². The van der Waals surface area contributed by atoms with Gasteiger partial charge in [-0.15, -0.1) is 5.10 Å². The molecule has 0 aliphatic heterocycles. The summed E-state index contributed by atoms with van der Waals surface area (Å²) < 4.78 is 10.6. The lowest BCUT2D eigenvalue weighted by atomic mass is 10.1. The van der Waals surface area contributed by atoms with E-state index in [1.54, 1.807) is 6.07 Å². The number of nitro benzene ring substituents is 1. The zero-order valence-corrected chi connectivity index (χ0v) is 14.9. The highest BCUT2D eigenvalue weighted by atomic mass is 16.6. The minimum absolute atomic E-state index is 0.00296. The highest BCUT2D eigenvalue weighted by Gasteiger charge is 2.25. The van der Waals surface area contributed by atoms with Gasteiger partial charge in [0, 0.05) is 23.3 Å². The van der Waals surface area contributed by atoms with Crippen molar-refractivity contribution < 1.29 is 18.8 Å². The van der Waals surface area contributed by atoms with Gasteiger partial charge >= 0.3 is 0 Å². The summed E-state index contributed by atoms with van der Waals surface area (Å²) in [7, 11) is 0. The van der Waals surface area contributed by atoms with E-state index < -0.39 is 10.8 Å². The molecule has 14 heteroatoms. The number of anilines is 1. The zero-order chi connectivity index (χ0) is 21.1. The van der Waals surface area contributed by atoms with Crippen molar-refractivity contribution in [2.45, 2.75) is 0 Å². The number of aromatic nitrogens is 5. The largest absolute Gasteiger partial charge is 0.472 e. The molecule has 150 valence electrons. The van der Waals surface area contributed by atoms with Gasteiger partial charge in [0.15, 0.2) is 5.69 Å². The fourth-order valence-corrected chi connectivity index (χ4v) is 2.49. The fourth-order valence-electron chi connectivity index (χ4n) is 2.49. The third kappa shape index (κ3) is 3.47. The van der Waals surface area contributed by atoms with Crippen molar-refractivity contribution in [3.63, 3.8) is 0 Å². The van der Waals surface area contributed by atoms with Crippen LogP contribution in [0.3, 0.4) is 0 Å². The highest BCUT2D eigenvalue weighted by molar-refractivity contribution is 5.98. The van der Waals surface area contributed by atoms with Gasteiger partial charge in [-0.3, -0.25) is 14.9 Å². The third-order valence-electron chi connectivity index (χ3n) is 3.86. The van der Waals surface area contributed by atoms with Crippen molar-refractivity contribution in [3.05, 3.63) is 64.2 Å². The third-order valence-corrected chi connectivity index (χ3v) is 3.86. The van der Waals surface area contributed by atoms with E-state index in [4.69, 9.17) is 10.2 Å². The molecule has 1 amide bonds. The summed E-state index contributed by atoms with van der Waals surface area (Å²) in [6, 6.07) is 7.06. The monoisotopic (exact) mass is 409 g/mol. The van der Waals surface area contributed by atoms with Crippen molar-refractivity contribution in [1.29, 1.82) is 0 Å². The Bertz CT molecular complexity index is 1220. The molecule has 0 aliphatic carbocycles. The van der Waals surface area contributed by atoms with Crippen LogP contribution >= 0.6 is 0 Å². The Kier molecular flexibility index (Phi) is 4.70. The molecule has 0 spiro atoms. The Hall–Kier alpha value is -4.88. The molecule has 30 heavy (non-hydrogen) atoms. The van der Waals surface area contributed by atoms with Gasteiger partial charge in [-0.05, 0) is 28.5 Å². The van der Waals surface area contributed by atoms with Gasteiger partial charge in [0.1, 0.15) is 5.69 Å². The Morgan fingerprint density at radius 2 is 2.07 bits per heavy atom. The fraction of sp³-hybridized carbons (Fsp3) is 0. The predicted molar refractivity (Wildman–Crippen MR) is 99.5 cm³/mol. The maximum Gasteiger partial charge on any atom is 0.294 e. The number of nitrogens with zero attached hydrogens (tertiary/aromatic N) is 7. The molecule has 3 N–H and O–H groups in total. The first-order valence-corrected chi connectivity index (χ1v) is 8.19. The first kappa shape index (κ1) is 18.5. The second-order valence-electron chi connectivity index (χ2n) is 5.73. The minimum atomic E-state index is -0.690. The molecule has 0 bridgehead atoms.